The Balaban J connectivity index is 2.66. The lowest BCUT2D eigenvalue weighted by atomic mass is 9.79. The van der Waals surface area contributed by atoms with Crippen LogP contribution >= 0.6 is 0 Å². The molecule has 1 amide bonds. The Bertz CT molecular complexity index is 335. The molecule has 116 valence electrons. The highest BCUT2D eigenvalue weighted by Crippen LogP contribution is 2.44. The summed E-state index contributed by atoms with van der Waals surface area (Å²) in [5.41, 5.74) is -0.286. The summed E-state index contributed by atoms with van der Waals surface area (Å²) in [6.45, 7) is 7.78. The van der Waals surface area contributed by atoms with E-state index in [0.717, 1.165) is 38.6 Å². The minimum atomic E-state index is -0.773. The lowest BCUT2D eigenvalue weighted by molar-refractivity contribution is -0.141. The third kappa shape index (κ3) is 4.80. The normalized spacial score (nSPS) is 18.8. The van der Waals surface area contributed by atoms with Crippen molar-refractivity contribution in [3.63, 3.8) is 0 Å². The van der Waals surface area contributed by atoms with Crippen LogP contribution in [0.15, 0.2) is 0 Å². The highest BCUT2D eigenvalue weighted by Gasteiger charge is 2.38. The highest BCUT2D eigenvalue weighted by atomic mass is 16.4. The standard InChI is InChI=1S/C16H29NO3/c1-4-13(3)12-17(5-2)14(18)10-16(11-15(19)20)8-6-7-9-16/h13H,4-12H2,1-3H3,(H,19,20). The first-order valence-electron chi connectivity index (χ1n) is 7.92. The fraction of sp³-hybridized carbons (Fsp3) is 0.875. The Hall–Kier alpha value is -1.06. The fourth-order valence-electron chi connectivity index (χ4n) is 3.21. The van der Waals surface area contributed by atoms with E-state index in [4.69, 9.17) is 5.11 Å². The smallest absolute Gasteiger partial charge is 0.303 e. The molecular formula is C16H29NO3. The Labute approximate surface area is 122 Å². The summed E-state index contributed by atoms with van der Waals surface area (Å²) in [6.07, 6.45) is 5.47. The Morgan fingerprint density at radius 3 is 2.25 bits per heavy atom. The first-order chi connectivity index (χ1) is 9.42. The van der Waals surface area contributed by atoms with Gasteiger partial charge in [-0.3, -0.25) is 9.59 Å². The molecule has 1 rings (SSSR count). The molecule has 1 saturated carbocycles. The number of nitrogens with zero attached hydrogens (tertiary/aromatic N) is 1. The minimum absolute atomic E-state index is 0.135. The first kappa shape index (κ1) is 17.0. The van der Waals surface area contributed by atoms with Crippen molar-refractivity contribution in [1.82, 2.24) is 4.90 Å². The Kier molecular flexibility index (Phi) is 6.50. The molecule has 0 spiro atoms. The van der Waals surface area contributed by atoms with Gasteiger partial charge in [-0.05, 0) is 31.1 Å². The number of aliphatic carboxylic acids is 1. The van der Waals surface area contributed by atoms with E-state index in [2.05, 4.69) is 13.8 Å². The molecule has 1 aliphatic rings. The number of rotatable bonds is 8. The van der Waals surface area contributed by atoms with Gasteiger partial charge in [-0.15, -0.1) is 0 Å². The second-order valence-corrected chi connectivity index (χ2v) is 6.40. The zero-order valence-corrected chi connectivity index (χ0v) is 13.2. The molecule has 0 aromatic heterocycles. The van der Waals surface area contributed by atoms with E-state index in [1.807, 2.05) is 11.8 Å². The fourth-order valence-corrected chi connectivity index (χ4v) is 3.21. The molecule has 0 aromatic carbocycles. The van der Waals surface area contributed by atoms with E-state index in [1.54, 1.807) is 0 Å². The van der Waals surface area contributed by atoms with Gasteiger partial charge >= 0.3 is 5.97 Å². The number of carboxylic acid groups (broad SMARTS) is 1. The van der Waals surface area contributed by atoms with Gasteiger partial charge in [0.15, 0.2) is 0 Å². The van der Waals surface area contributed by atoms with Crippen molar-refractivity contribution in [2.45, 2.75) is 65.7 Å². The summed E-state index contributed by atoms with van der Waals surface area (Å²) in [4.78, 5) is 25.5. The van der Waals surface area contributed by atoms with Gasteiger partial charge in [0.2, 0.25) is 5.91 Å². The lowest BCUT2D eigenvalue weighted by Crippen LogP contribution is -2.38. The molecule has 0 aromatic rings. The Morgan fingerprint density at radius 1 is 1.20 bits per heavy atom. The van der Waals surface area contributed by atoms with Gasteiger partial charge in [-0.2, -0.15) is 0 Å². The van der Waals surface area contributed by atoms with Crippen LogP contribution in [0.4, 0.5) is 0 Å². The molecule has 1 atom stereocenters. The predicted molar refractivity (Wildman–Crippen MR) is 79.5 cm³/mol. The Morgan fingerprint density at radius 2 is 1.80 bits per heavy atom. The van der Waals surface area contributed by atoms with Gasteiger partial charge in [-0.25, -0.2) is 0 Å². The van der Waals surface area contributed by atoms with Crippen molar-refractivity contribution in [2.24, 2.45) is 11.3 Å². The topological polar surface area (TPSA) is 57.6 Å². The van der Waals surface area contributed by atoms with Gasteiger partial charge < -0.3 is 10.0 Å². The third-order valence-electron chi connectivity index (χ3n) is 4.68. The average molecular weight is 283 g/mol. The van der Waals surface area contributed by atoms with Crippen LogP contribution < -0.4 is 0 Å². The number of carboxylic acids is 1. The molecule has 0 bridgehead atoms. The van der Waals surface area contributed by atoms with E-state index in [-0.39, 0.29) is 17.7 Å². The van der Waals surface area contributed by atoms with Crippen molar-refractivity contribution in [3.8, 4) is 0 Å². The number of hydrogen-bond acceptors (Lipinski definition) is 2. The largest absolute Gasteiger partial charge is 0.481 e. The summed E-state index contributed by atoms with van der Waals surface area (Å²) in [7, 11) is 0. The maximum atomic E-state index is 12.5. The van der Waals surface area contributed by atoms with Gasteiger partial charge in [0.25, 0.3) is 0 Å². The molecule has 1 fully saturated rings. The molecule has 0 radical (unpaired) electrons. The van der Waals surface area contributed by atoms with Crippen molar-refractivity contribution in [2.75, 3.05) is 13.1 Å². The summed E-state index contributed by atoms with van der Waals surface area (Å²) in [5, 5.41) is 9.11. The third-order valence-corrected chi connectivity index (χ3v) is 4.68. The molecule has 0 saturated heterocycles. The first-order valence-corrected chi connectivity index (χ1v) is 7.92. The van der Waals surface area contributed by atoms with Crippen LogP contribution in [-0.2, 0) is 9.59 Å². The second kappa shape index (κ2) is 7.65. The summed E-state index contributed by atoms with van der Waals surface area (Å²) >= 11 is 0. The van der Waals surface area contributed by atoms with Gasteiger partial charge in [0.05, 0.1) is 6.42 Å². The van der Waals surface area contributed by atoms with Crippen LogP contribution in [0.5, 0.6) is 0 Å². The van der Waals surface area contributed by atoms with Gasteiger partial charge in [-0.1, -0.05) is 33.1 Å². The van der Waals surface area contributed by atoms with E-state index >= 15 is 0 Å². The number of carbonyl (C=O) groups excluding carboxylic acids is 1. The maximum absolute atomic E-state index is 12.5. The molecule has 0 heterocycles. The molecule has 20 heavy (non-hydrogen) atoms. The van der Waals surface area contributed by atoms with Crippen molar-refractivity contribution >= 4 is 11.9 Å². The molecule has 1 unspecified atom stereocenters. The highest BCUT2D eigenvalue weighted by molar-refractivity contribution is 5.78. The van der Waals surface area contributed by atoms with E-state index in [9.17, 15) is 9.59 Å². The van der Waals surface area contributed by atoms with Crippen LogP contribution in [0.1, 0.15) is 65.7 Å². The second-order valence-electron chi connectivity index (χ2n) is 6.40. The lowest BCUT2D eigenvalue weighted by Gasteiger charge is -2.31. The van der Waals surface area contributed by atoms with Crippen LogP contribution in [0.2, 0.25) is 0 Å². The molecule has 4 heteroatoms. The molecule has 1 N–H and O–H groups in total. The molecular weight excluding hydrogens is 254 g/mol. The summed E-state index contributed by atoms with van der Waals surface area (Å²) < 4.78 is 0. The number of amides is 1. The van der Waals surface area contributed by atoms with E-state index in [1.165, 1.54) is 0 Å². The maximum Gasteiger partial charge on any atom is 0.303 e. The van der Waals surface area contributed by atoms with E-state index in [0.29, 0.717) is 18.9 Å². The van der Waals surface area contributed by atoms with Crippen LogP contribution in [-0.4, -0.2) is 35.0 Å². The van der Waals surface area contributed by atoms with Gasteiger partial charge in [0.1, 0.15) is 0 Å². The van der Waals surface area contributed by atoms with Gasteiger partial charge in [0, 0.05) is 19.5 Å². The van der Waals surface area contributed by atoms with E-state index < -0.39 is 5.97 Å². The van der Waals surface area contributed by atoms with Crippen LogP contribution in [0.3, 0.4) is 0 Å². The van der Waals surface area contributed by atoms with Crippen molar-refractivity contribution in [3.05, 3.63) is 0 Å². The molecule has 1 aliphatic carbocycles. The monoisotopic (exact) mass is 283 g/mol. The number of carbonyl (C=O) groups is 2. The molecule has 4 nitrogen and oxygen atoms in total. The summed E-state index contributed by atoms with van der Waals surface area (Å²) in [6, 6.07) is 0. The van der Waals surface area contributed by atoms with Crippen LogP contribution in [0, 0.1) is 11.3 Å². The quantitative estimate of drug-likeness (QED) is 0.743. The predicted octanol–water partition coefficient (Wildman–Crippen LogP) is 3.31. The van der Waals surface area contributed by atoms with Crippen molar-refractivity contribution in [1.29, 1.82) is 0 Å². The minimum Gasteiger partial charge on any atom is -0.481 e. The SMILES string of the molecule is CCC(C)CN(CC)C(=O)CC1(CC(=O)O)CCCC1. The zero-order valence-electron chi connectivity index (χ0n) is 13.2. The molecule has 0 aliphatic heterocycles. The average Bonchev–Trinajstić information content (AvgIpc) is 2.82. The number of hydrogen-bond donors (Lipinski definition) is 1. The van der Waals surface area contributed by atoms with Crippen molar-refractivity contribution < 1.29 is 14.7 Å². The van der Waals surface area contributed by atoms with Crippen LogP contribution in [0.25, 0.3) is 0 Å². The zero-order chi connectivity index (χ0) is 15.2. The summed E-state index contributed by atoms with van der Waals surface area (Å²) in [5.74, 6) is -0.140.